The molecule has 4 N–H and O–H groups in total. The minimum absolute atomic E-state index is 0.234. The van der Waals surface area contributed by atoms with E-state index in [1.165, 1.54) is 24.3 Å². The monoisotopic (exact) mass is 652 g/mol. The Morgan fingerprint density at radius 3 is 1.02 bits per heavy atom. The number of aryl methyl sites for hydroxylation is 1. The second kappa shape index (κ2) is 17.6. The average Bonchev–Trinajstić information content (AvgIpc) is 4.05. The van der Waals surface area contributed by atoms with E-state index in [2.05, 4.69) is 21.3 Å². The summed E-state index contributed by atoms with van der Waals surface area (Å²) < 4.78 is 12.9. The molecule has 0 spiro atoms. The van der Waals surface area contributed by atoms with E-state index in [1.807, 2.05) is 107 Å². The van der Waals surface area contributed by atoms with E-state index >= 15 is 0 Å². The molecule has 0 heterocycles. The van der Waals surface area contributed by atoms with Crippen molar-refractivity contribution in [3.8, 4) is 0 Å². The van der Waals surface area contributed by atoms with Crippen LogP contribution in [0, 0.1) is 23.6 Å². The molecule has 0 saturated heterocycles. The predicted octanol–water partition coefficient (Wildman–Crippen LogP) is 8.59. The van der Waals surface area contributed by atoms with Gasteiger partial charge in [0.2, 0.25) is 23.6 Å². The smallest absolute Gasteiger partial charge is 0.240 e. The van der Waals surface area contributed by atoms with Gasteiger partial charge in [-0.3, -0.25) is 19.2 Å². The fraction of sp³-hybridized carbons (Fsp3) is 0.282. The van der Waals surface area contributed by atoms with Gasteiger partial charge in [-0.25, -0.2) is 4.39 Å². The third-order valence-corrected chi connectivity index (χ3v) is 7.71. The van der Waals surface area contributed by atoms with Gasteiger partial charge in [-0.2, -0.15) is 0 Å². The van der Waals surface area contributed by atoms with Crippen LogP contribution in [-0.4, -0.2) is 23.6 Å². The molecule has 4 aromatic carbocycles. The average molecular weight is 653 g/mol. The minimum atomic E-state index is -1.03. The molecule has 252 valence electrons. The molecule has 8 nitrogen and oxygen atoms in total. The van der Waals surface area contributed by atoms with Crippen molar-refractivity contribution in [2.24, 2.45) is 10.8 Å². The number of nitrogens with one attached hydrogen (secondary N) is 4. The molecule has 4 amide bonds. The second-order valence-electron chi connectivity index (χ2n) is 11.1. The lowest BCUT2D eigenvalue weighted by atomic mass is 10.0. The van der Waals surface area contributed by atoms with Gasteiger partial charge in [-0.15, -0.1) is 0 Å². The van der Waals surface area contributed by atoms with E-state index in [1.54, 1.807) is 12.1 Å². The predicted molar refractivity (Wildman–Crippen MR) is 191 cm³/mol. The number of anilines is 4. The van der Waals surface area contributed by atoms with Gasteiger partial charge in [0.25, 0.3) is 0 Å². The SMILES string of the molecule is CC.CC.Cc1ccc(NC(=O)C2(C(=O)Nc3ccc(F)cc3)CC2)cc1.O=C(Nc1ccccc1)C1(C(=O)Nc2ccccc2)CC1. The number of benzene rings is 4. The third-order valence-electron chi connectivity index (χ3n) is 7.71. The van der Waals surface area contributed by atoms with Crippen LogP contribution in [0.15, 0.2) is 109 Å². The summed E-state index contributed by atoms with van der Waals surface area (Å²) in [5.74, 6) is -1.50. The molecular formula is C39H45FN4O4. The van der Waals surface area contributed by atoms with Crippen molar-refractivity contribution >= 4 is 46.4 Å². The van der Waals surface area contributed by atoms with Crippen LogP contribution in [0.1, 0.15) is 58.9 Å². The molecule has 6 rings (SSSR count). The Morgan fingerprint density at radius 1 is 0.458 bits per heavy atom. The topological polar surface area (TPSA) is 116 Å². The molecule has 2 aliphatic carbocycles. The molecule has 0 atom stereocenters. The summed E-state index contributed by atoms with van der Waals surface area (Å²) >= 11 is 0. The van der Waals surface area contributed by atoms with Gasteiger partial charge in [0.05, 0.1) is 0 Å². The van der Waals surface area contributed by atoms with Crippen molar-refractivity contribution in [3.63, 3.8) is 0 Å². The van der Waals surface area contributed by atoms with Crippen molar-refractivity contribution in [2.45, 2.75) is 60.3 Å². The van der Waals surface area contributed by atoms with Crippen LogP contribution in [0.5, 0.6) is 0 Å². The lowest BCUT2D eigenvalue weighted by Crippen LogP contribution is -2.35. The van der Waals surface area contributed by atoms with E-state index in [9.17, 15) is 23.6 Å². The maximum absolute atomic E-state index is 12.9. The van der Waals surface area contributed by atoms with Crippen LogP contribution in [0.2, 0.25) is 0 Å². The summed E-state index contributed by atoms with van der Waals surface area (Å²) in [5, 5.41) is 11.1. The van der Waals surface area contributed by atoms with Gasteiger partial charge in [0, 0.05) is 22.7 Å². The number of rotatable bonds is 8. The molecule has 0 unspecified atom stereocenters. The number of carbonyl (C=O) groups excluding carboxylic acids is 4. The van der Waals surface area contributed by atoms with Crippen LogP contribution >= 0.6 is 0 Å². The van der Waals surface area contributed by atoms with Crippen LogP contribution in [0.25, 0.3) is 0 Å². The van der Waals surface area contributed by atoms with Gasteiger partial charge in [-0.1, -0.05) is 81.8 Å². The van der Waals surface area contributed by atoms with Crippen molar-refractivity contribution in [1.82, 2.24) is 0 Å². The van der Waals surface area contributed by atoms with Crippen LogP contribution < -0.4 is 21.3 Å². The lowest BCUT2D eigenvalue weighted by molar-refractivity contribution is -0.132. The first-order valence-corrected chi connectivity index (χ1v) is 16.4. The first-order chi connectivity index (χ1) is 23.2. The maximum Gasteiger partial charge on any atom is 0.240 e. The van der Waals surface area contributed by atoms with Gasteiger partial charge >= 0.3 is 0 Å². The zero-order valence-corrected chi connectivity index (χ0v) is 28.2. The highest BCUT2D eigenvalue weighted by atomic mass is 19.1. The van der Waals surface area contributed by atoms with Crippen molar-refractivity contribution in [3.05, 3.63) is 121 Å². The molecule has 4 aromatic rings. The quantitative estimate of drug-likeness (QED) is 0.143. The van der Waals surface area contributed by atoms with Crippen LogP contribution in [-0.2, 0) is 19.2 Å². The Morgan fingerprint density at radius 2 is 0.729 bits per heavy atom. The number of amides is 4. The fourth-order valence-corrected chi connectivity index (χ4v) is 4.58. The van der Waals surface area contributed by atoms with E-state index in [0.29, 0.717) is 48.4 Å². The Hall–Kier alpha value is -5.31. The normalized spacial score (nSPS) is 14.0. The zero-order valence-electron chi connectivity index (χ0n) is 28.2. The van der Waals surface area contributed by atoms with Crippen LogP contribution in [0.4, 0.5) is 27.1 Å². The highest BCUT2D eigenvalue weighted by Crippen LogP contribution is 2.48. The summed E-state index contributed by atoms with van der Waals surface area (Å²) in [5.41, 5.74) is 1.71. The molecule has 2 fully saturated rings. The first kappa shape index (κ1) is 37.2. The Balaban J connectivity index is 0.000000237. The standard InChI is InChI=1S/C18H17FN2O2.C17H16N2O2.2C2H6/c1-12-2-6-14(7-3-12)20-16(22)18(10-11-18)17(23)21-15-8-4-13(19)5-9-15;20-15(18-13-7-3-1-4-8-13)17(11-12-17)16(21)19-14-9-5-2-6-10-14;2*1-2/h2-9H,10-11H2,1H3,(H,20,22)(H,21,23);1-10H,11-12H2,(H,18,20)(H,19,21);2*1-2H3. The van der Waals surface area contributed by atoms with Crippen molar-refractivity contribution < 1.29 is 23.6 Å². The van der Waals surface area contributed by atoms with Gasteiger partial charge in [-0.05, 0) is 93.3 Å². The Bertz CT molecular complexity index is 1520. The summed E-state index contributed by atoms with van der Waals surface area (Å²) in [6, 6.07) is 31.3. The molecule has 48 heavy (non-hydrogen) atoms. The van der Waals surface area contributed by atoms with Crippen molar-refractivity contribution in [2.75, 3.05) is 21.3 Å². The molecule has 2 saturated carbocycles. The zero-order chi connectivity index (χ0) is 35.2. The lowest BCUT2D eigenvalue weighted by Gasteiger charge is -2.15. The van der Waals surface area contributed by atoms with Crippen LogP contribution in [0.3, 0.4) is 0 Å². The van der Waals surface area contributed by atoms with E-state index < -0.39 is 10.8 Å². The van der Waals surface area contributed by atoms with E-state index in [0.717, 1.165) is 5.56 Å². The molecule has 0 bridgehead atoms. The van der Waals surface area contributed by atoms with E-state index in [4.69, 9.17) is 0 Å². The Labute approximate surface area is 282 Å². The minimum Gasteiger partial charge on any atom is -0.325 e. The summed E-state index contributed by atoms with van der Waals surface area (Å²) in [6.07, 6.45) is 2.20. The van der Waals surface area contributed by atoms with Gasteiger partial charge in [0.1, 0.15) is 16.6 Å². The largest absolute Gasteiger partial charge is 0.325 e. The Kier molecular flexibility index (Phi) is 13.6. The van der Waals surface area contributed by atoms with Gasteiger partial charge in [0.15, 0.2) is 0 Å². The third kappa shape index (κ3) is 9.84. The van der Waals surface area contributed by atoms with Crippen molar-refractivity contribution in [1.29, 1.82) is 0 Å². The highest BCUT2D eigenvalue weighted by molar-refractivity contribution is 6.17. The number of carbonyl (C=O) groups is 4. The molecule has 9 heteroatoms. The maximum atomic E-state index is 12.9. The second-order valence-corrected chi connectivity index (χ2v) is 11.1. The fourth-order valence-electron chi connectivity index (χ4n) is 4.58. The molecule has 2 aliphatic rings. The summed E-state index contributed by atoms with van der Waals surface area (Å²) in [6.45, 7) is 9.96. The molecule has 0 radical (unpaired) electrons. The molecule has 0 aliphatic heterocycles. The molecule has 0 aromatic heterocycles. The van der Waals surface area contributed by atoms with Gasteiger partial charge < -0.3 is 21.3 Å². The number of hydrogen-bond acceptors (Lipinski definition) is 4. The first-order valence-electron chi connectivity index (χ1n) is 16.4. The summed E-state index contributed by atoms with van der Waals surface area (Å²) in [7, 11) is 0. The highest BCUT2D eigenvalue weighted by Gasteiger charge is 2.57. The molecular weight excluding hydrogens is 607 g/mol. The number of para-hydroxylation sites is 2. The number of halogens is 1. The van der Waals surface area contributed by atoms with E-state index in [-0.39, 0.29) is 29.4 Å². The summed E-state index contributed by atoms with van der Waals surface area (Å²) in [4.78, 5) is 49.5. The number of hydrogen-bond donors (Lipinski definition) is 4.